The molecule has 1 aromatic rings. The summed E-state index contributed by atoms with van der Waals surface area (Å²) in [6.07, 6.45) is 14.6. The van der Waals surface area contributed by atoms with Crippen LogP contribution in [0.25, 0.3) is 0 Å². The zero-order chi connectivity index (χ0) is 21.5. The number of hydrogen-bond donors (Lipinski definition) is 2. The molecule has 0 heterocycles. The van der Waals surface area contributed by atoms with Crippen molar-refractivity contribution >= 4 is 23.2 Å². The molecule has 9 rings (SSSR count). The summed E-state index contributed by atoms with van der Waals surface area (Å²) in [5.41, 5.74) is 1.47. The van der Waals surface area contributed by atoms with Gasteiger partial charge in [0.15, 0.2) is 0 Å². The highest BCUT2D eigenvalue weighted by molar-refractivity contribution is 5.97. The van der Waals surface area contributed by atoms with Gasteiger partial charge in [-0.3, -0.25) is 9.59 Å². The van der Waals surface area contributed by atoms with E-state index in [1.54, 1.807) is 0 Å². The van der Waals surface area contributed by atoms with E-state index in [-0.39, 0.29) is 22.6 Å². The fraction of sp³-hybridized carbons (Fsp3) is 0.714. The predicted octanol–water partition coefficient (Wildman–Crippen LogP) is 6.00. The van der Waals surface area contributed by atoms with Gasteiger partial charge in [-0.2, -0.15) is 0 Å². The van der Waals surface area contributed by atoms with Crippen molar-refractivity contribution in [1.82, 2.24) is 0 Å². The minimum atomic E-state index is -0.125. The Kier molecular flexibility index (Phi) is 4.19. The van der Waals surface area contributed by atoms with Gasteiger partial charge in [0.05, 0.1) is 10.8 Å². The second kappa shape index (κ2) is 6.84. The molecule has 2 N–H and O–H groups in total. The summed E-state index contributed by atoms with van der Waals surface area (Å²) in [5, 5.41) is 6.47. The van der Waals surface area contributed by atoms with E-state index < -0.39 is 0 Å². The number of benzene rings is 1. The average molecular weight is 433 g/mol. The third-order valence-corrected chi connectivity index (χ3v) is 10.4. The SMILES string of the molecule is O=C(Nc1ccc(NC(=O)C23CC4CC(CC(C4)C2)C3)cc1)C12CC3CC(CC(C3)C1)C2. The van der Waals surface area contributed by atoms with Crippen molar-refractivity contribution in [3.05, 3.63) is 24.3 Å². The van der Waals surface area contributed by atoms with Crippen LogP contribution in [0.5, 0.6) is 0 Å². The molecule has 0 unspecified atom stereocenters. The maximum Gasteiger partial charge on any atom is 0.230 e. The number of nitrogens with one attached hydrogen (secondary N) is 2. The Bertz CT molecular complexity index is 801. The van der Waals surface area contributed by atoms with Gasteiger partial charge >= 0.3 is 0 Å². The summed E-state index contributed by atoms with van der Waals surface area (Å²) in [6.45, 7) is 0. The lowest BCUT2D eigenvalue weighted by Gasteiger charge is -2.55. The topological polar surface area (TPSA) is 58.2 Å². The van der Waals surface area contributed by atoms with Crippen LogP contribution >= 0.6 is 0 Å². The van der Waals surface area contributed by atoms with E-state index in [1.807, 2.05) is 24.3 Å². The summed E-state index contributed by atoms with van der Waals surface area (Å²) < 4.78 is 0. The summed E-state index contributed by atoms with van der Waals surface area (Å²) in [4.78, 5) is 26.6. The van der Waals surface area contributed by atoms with Gasteiger partial charge in [0.25, 0.3) is 0 Å². The van der Waals surface area contributed by atoms with Crippen molar-refractivity contribution in [1.29, 1.82) is 0 Å². The fourth-order valence-corrected chi connectivity index (χ4v) is 9.94. The lowest BCUT2D eigenvalue weighted by atomic mass is 9.49. The van der Waals surface area contributed by atoms with Crippen LogP contribution in [0.3, 0.4) is 0 Å². The molecule has 4 heteroatoms. The minimum absolute atomic E-state index is 0.125. The lowest BCUT2D eigenvalue weighted by molar-refractivity contribution is -0.141. The average Bonchev–Trinajstić information content (AvgIpc) is 2.73. The molecule has 8 aliphatic rings. The Labute approximate surface area is 191 Å². The van der Waals surface area contributed by atoms with Crippen molar-refractivity contribution < 1.29 is 9.59 Å². The molecule has 1 aromatic carbocycles. The summed E-state index contributed by atoms with van der Waals surface area (Å²) >= 11 is 0. The Morgan fingerprint density at radius 3 is 1.03 bits per heavy atom. The van der Waals surface area contributed by atoms with E-state index in [9.17, 15) is 9.59 Å². The van der Waals surface area contributed by atoms with Crippen LogP contribution in [0.15, 0.2) is 24.3 Å². The number of anilines is 2. The highest BCUT2D eigenvalue weighted by Crippen LogP contribution is 2.61. The highest BCUT2D eigenvalue weighted by atomic mass is 16.2. The Morgan fingerprint density at radius 2 is 0.781 bits per heavy atom. The van der Waals surface area contributed by atoms with Gasteiger partial charge in [-0.25, -0.2) is 0 Å². The van der Waals surface area contributed by atoms with Gasteiger partial charge in [0.2, 0.25) is 11.8 Å². The standard InChI is InChI=1S/C28H36N2O2/c31-25(27-11-17-5-18(12-27)7-19(6-17)13-27)29-23-1-2-24(4-3-23)30-26(32)28-14-20-8-21(15-28)10-22(9-20)16-28/h1-4,17-22H,5-16H2,(H,29,31)(H,30,32). The monoisotopic (exact) mass is 432 g/mol. The Hall–Kier alpha value is -1.84. The first-order valence-corrected chi connectivity index (χ1v) is 13.2. The van der Waals surface area contributed by atoms with E-state index >= 15 is 0 Å². The van der Waals surface area contributed by atoms with E-state index in [4.69, 9.17) is 0 Å². The summed E-state index contributed by atoms with van der Waals surface area (Å²) in [5.74, 6) is 5.11. The van der Waals surface area contributed by atoms with Gasteiger partial charge in [-0.1, -0.05) is 0 Å². The normalized spacial score (nSPS) is 45.1. The smallest absolute Gasteiger partial charge is 0.230 e. The predicted molar refractivity (Wildman–Crippen MR) is 125 cm³/mol. The fourth-order valence-electron chi connectivity index (χ4n) is 9.94. The summed E-state index contributed by atoms with van der Waals surface area (Å²) in [6, 6.07) is 7.86. The summed E-state index contributed by atoms with van der Waals surface area (Å²) in [7, 11) is 0. The van der Waals surface area contributed by atoms with E-state index in [1.165, 1.54) is 38.5 Å². The number of hydrogen-bond acceptors (Lipinski definition) is 2. The van der Waals surface area contributed by atoms with Crippen molar-refractivity contribution in [2.75, 3.05) is 10.6 Å². The number of carbonyl (C=O) groups excluding carboxylic acids is 2. The van der Waals surface area contributed by atoms with Crippen molar-refractivity contribution in [3.63, 3.8) is 0 Å². The molecule has 0 aromatic heterocycles. The number of amides is 2. The van der Waals surface area contributed by atoms with Crippen molar-refractivity contribution in [3.8, 4) is 0 Å². The molecule has 0 aliphatic heterocycles. The van der Waals surface area contributed by atoms with Crippen molar-refractivity contribution in [2.45, 2.75) is 77.0 Å². The van der Waals surface area contributed by atoms with Gasteiger partial charge in [-0.15, -0.1) is 0 Å². The van der Waals surface area contributed by atoms with E-state index in [0.29, 0.717) is 0 Å². The molecule has 2 amide bonds. The van der Waals surface area contributed by atoms with Crippen LogP contribution in [0, 0.1) is 46.3 Å². The van der Waals surface area contributed by atoms with E-state index in [2.05, 4.69) is 10.6 Å². The molecular formula is C28H36N2O2. The zero-order valence-corrected chi connectivity index (χ0v) is 19.1. The first kappa shape index (κ1) is 19.6. The van der Waals surface area contributed by atoms with Crippen LogP contribution in [-0.4, -0.2) is 11.8 Å². The van der Waals surface area contributed by atoms with Gasteiger partial charge in [-0.05, 0) is 137 Å². The zero-order valence-electron chi connectivity index (χ0n) is 19.1. The molecule has 8 aliphatic carbocycles. The maximum atomic E-state index is 13.3. The first-order valence-electron chi connectivity index (χ1n) is 13.2. The minimum Gasteiger partial charge on any atom is -0.326 e. The third-order valence-electron chi connectivity index (χ3n) is 10.4. The molecule has 8 bridgehead atoms. The molecule has 0 spiro atoms. The Balaban J connectivity index is 1.02. The van der Waals surface area contributed by atoms with Crippen LogP contribution < -0.4 is 10.6 Å². The van der Waals surface area contributed by atoms with Crippen LogP contribution in [0.4, 0.5) is 11.4 Å². The lowest BCUT2D eigenvalue weighted by Crippen LogP contribution is -2.51. The second-order valence-corrected chi connectivity index (χ2v) is 12.9. The van der Waals surface area contributed by atoms with Crippen molar-refractivity contribution in [2.24, 2.45) is 46.3 Å². The van der Waals surface area contributed by atoms with Crippen LogP contribution in [-0.2, 0) is 9.59 Å². The van der Waals surface area contributed by atoms with Gasteiger partial charge in [0.1, 0.15) is 0 Å². The number of rotatable bonds is 4. The number of carbonyl (C=O) groups is 2. The molecule has 8 fully saturated rings. The van der Waals surface area contributed by atoms with Crippen LogP contribution in [0.2, 0.25) is 0 Å². The molecule has 0 atom stereocenters. The first-order chi connectivity index (χ1) is 15.5. The quantitative estimate of drug-likeness (QED) is 0.613. The maximum absolute atomic E-state index is 13.3. The molecular weight excluding hydrogens is 396 g/mol. The molecule has 0 saturated heterocycles. The molecule has 4 nitrogen and oxygen atoms in total. The third kappa shape index (κ3) is 3.08. The Morgan fingerprint density at radius 1 is 0.531 bits per heavy atom. The molecule has 170 valence electrons. The van der Waals surface area contributed by atoms with Gasteiger partial charge in [0, 0.05) is 11.4 Å². The highest BCUT2D eigenvalue weighted by Gasteiger charge is 2.55. The molecule has 8 saturated carbocycles. The second-order valence-electron chi connectivity index (χ2n) is 12.9. The molecule has 0 radical (unpaired) electrons. The van der Waals surface area contributed by atoms with E-state index in [0.717, 1.165) is 85.4 Å². The molecule has 32 heavy (non-hydrogen) atoms. The van der Waals surface area contributed by atoms with Gasteiger partial charge < -0.3 is 10.6 Å². The largest absolute Gasteiger partial charge is 0.326 e. The van der Waals surface area contributed by atoms with Crippen LogP contribution in [0.1, 0.15) is 77.0 Å².